The highest BCUT2D eigenvalue weighted by molar-refractivity contribution is 6.29. The Balaban J connectivity index is 1.43. The minimum Gasteiger partial charge on any atom is -0.472 e. The monoisotopic (exact) mass is 431 g/mol. The van der Waals surface area contributed by atoms with E-state index in [2.05, 4.69) is 10.1 Å². The van der Waals surface area contributed by atoms with Gasteiger partial charge in [-0.1, -0.05) is 11.6 Å². The molecule has 4 rings (SSSR count). The quantitative estimate of drug-likeness (QED) is 0.690. The molecule has 0 spiro atoms. The second kappa shape index (κ2) is 8.24. The van der Waals surface area contributed by atoms with Crippen LogP contribution in [0, 0.1) is 23.0 Å². The number of hydrogen-bond donors (Lipinski definition) is 0. The van der Waals surface area contributed by atoms with E-state index in [0.29, 0.717) is 30.5 Å². The van der Waals surface area contributed by atoms with Crippen molar-refractivity contribution in [2.75, 3.05) is 13.1 Å². The highest BCUT2D eigenvalue weighted by Gasteiger charge is 2.36. The number of carbonyl (C=O) groups excluding carboxylic acids is 1. The van der Waals surface area contributed by atoms with Crippen molar-refractivity contribution in [2.24, 2.45) is 5.10 Å². The summed E-state index contributed by atoms with van der Waals surface area (Å²) in [6.45, 7) is 0.705. The molecule has 10 heteroatoms. The van der Waals surface area contributed by atoms with Crippen LogP contribution in [0.15, 0.2) is 35.4 Å². The molecule has 2 aromatic rings. The van der Waals surface area contributed by atoms with E-state index in [1.165, 1.54) is 29.3 Å². The van der Waals surface area contributed by atoms with Gasteiger partial charge in [-0.05, 0) is 23.8 Å². The van der Waals surface area contributed by atoms with Crippen molar-refractivity contribution in [3.8, 4) is 11.9 Å². The molecular formula is C20H16ClF2N5O2. The summed E-state index contributed by atoms with van der Waals surface area (Å²) in [6.07, 6.45) is 2.14. The maximum atomic E-state index is 13.6. The summed E-state index contributed by atoms with van der Waals surface area (Å²) >= 11 is 5.89. The molecule has 154 valence electrons. The predicted molar refractivity (Wildman–Crippen MR) is 104 cm³/mol. The number of amides is 2. The molecule has 7 nitrogen and oxygen atoms in total. The van der Waals surface area contributed by atoms with Crippen LogP contribution in [0.4, 0.5) is 13.6 Å². The van der Waals surface area contributed by atoms with Gasteiger partial charge in [-0.15, -0.1) is 0 Å². The lowest BCUT2D eigenvalue weighted by molar-refractivity contribution is 0.141. The van der Waals surface area contributed by atoms with E-state index in [4.69, 9.17) is 21.6 Å². The highest BCUT2D eigenvalue weighted by atomic mass is 35.5. The van der Waals surface area contributed by atoms with Crippen molar-refractivity contribution in [1.82, 2.24) is 14.9 Å². The van der Waals surface area contributed by atoms with Gasteiger partial charge in [0.2, 0.25) is 5.88 Å². The number of pyridine rings is 1. The van der Waals surface area contributed by atoms with E-state index in [1.807, 2.05) is 6.07 Å². The van der Waals surface area contributed by atoms with E-state index in [-0.39, 0.29) is 29.7 Å². The van der Waals surface area contributed by atoms with Gasteiger partial charge in [0.05, 0.1) is 24.2 Å². The molecule has 30 heavy (non-hydrogen) atoms. The lowest BCUT2D eigenvalue weighted by Gasteiger charge is -2.27. The molecule has 2 amide bonds. The summed E-state index contributed by atoms with van der Waals surface area (Å²) in [6, 6.07) is 7.14. The number of nitriles is 1. The molecule has 2 atom stereocenters. The molecule has 1 aromatic heterocycles. The summed E-state index contributed by atoms with van der Waals surface area (Å²) in [7, 11) is 0. The van der Waals surface area contributed by atoms with E-state index in [0.717, 1.165) is 6.07 Å². The predicted octanol–water partition coefficient (Wildman–Crippen LogP) is 3.89. The zero-order valence-corrected chi connectivity index (χ0v) is 16.4. The molecule has 2 aliphatic heterocycles. The van der Waals surface area contributed by atoms with Crippen LogP contribution in [0.3, 0.4) is 0 Å². The molecule has 0 saturated carbocycles. The Morgan fingerprint density at radius 1 is 1.23 bits per heavy atom. The second-order valence-corrected chi connectivity index (χ2v) is 7.37. The van der Waals surface area contributed by atoms with Crippen molar-refractivity contribution < 1.29 is 18.3 Å². The Labute approximate surface area is 176 Å². The van der Waals surface area contributed by atoms with Crippen molar-refractivity contribution in [3.05, 3.63) is 58.2 Å². The Bertz CT molecular complexity index is 1040. The fraction of sp³-hybridized carbons (Fsp3) is 0.300. The van der Waals surface area contributed by atoms with Crippen LogP contribution in [0.5, 0.6) is 5.88 Å². The van der Waals surface area contributed by atoms with Crippen LogP contribution >= 0.6 is 11.6 Å². The van der Waals surface area contributed by atoms with Crippen LogP contribution < -0.4 is 4.74 Å². The van der Waals surface area contributed by atoms with Gasteiger partial charge >= 0.3 is 6.03 Å². The smallest absolute Gasteiger partial charge is 0.341 e. The van der Waals surface area contributed by atoms with E-state index in [9.17, 15) is 13.6 Å². The van der Waals surface area contributed by atoms with Gasteiger partial charge in [0, 0.05) is 37.7 Å². The molecule has 3 heterocycles. The van der Waals surface area contributed by atoms with Crippen LogP contribution in [-0.4, -0.2) is 46.3 Å². The third-order valence-corrected chi connectivity index (χ3v) is 5.09. The van der Waals surface area contributed by atoms with Gasteiger partial charge in [-0.3, -0.25) is 0 Å². The third-order valence-electron chi connectivity index (χ3n) is 4.90. The van der Waals surface area contributed by atoms with E-state index < -0.39 is 17.7 Å². The zero-order valence-electron chi connectivity index (χ0n) is 15.6. The fourth-order valence-electron chi connectivity index (χ4n) is 3.55. The molecule has 1 aromatic carbocycles. The summed E-state index contributed by atoms with van der Waals surface area (Å²) in [5, 5.41) is 14.5. The largest absolute Gasteiger partial charge is 0.472 e. The normalized spacial score (nSPS) is 20.5. The number of rotatable bonds is 3. The van der Waals surface area contributed by atoms with Gasteiger partial charge in [0.1, 0.15) is 22.9 Å². The van der Waals surface area contributed by atoms with Crippen LogP contribution in [0.25, 0.3) is 0 Å². The maximum absolute atomic E-state index is 13.6. The van der Waals surface area contributed by atoms with Gasteiger partial charge in [-0.2, -0.15) is 10.4 Å². The van der Waals surface area contributed by atoms with Crippen LogP contribution in [-0.2, 0) is 0 Å². The SMILES string of the molecule is N#Cc1cc(Cl)nc(OC2CCN(C(=O)N3N=CCC3c3cc(F)cc(F)c3)C2)c1. The Hall–Kier alpha value is -3.25. The number of benzene rings is 1. The van der Waals surface area contributed by atoms with Gasteiger partial charge in [0.15, 0.2) is 0 Å². The first-order chi connectivity index (χ1) is 14.4. The average Bonchev–Trinajstić information content (AvgIpc) is 3.36. The topological polar surface area (TPSA) is 81.8 Å². The second-order valence-electron chi connectivity index (χ2n) is 6.98. The Morgan fingerprint density at radius 2 is 2.00 bits per heavy atom. The van der Waals surface area contributed by atoms with Gasteiger partial charge in [-0.25, -0.2) is 23.6 Å². The summed E-state index contributed by atoms with van der Waals surface area (Å²) < 4.78 is 33.0. The van der Waals surface area contributed by atoms with Crippen molar-refractivity contribution in [2.45, 2.75) is 25.0 Å². The molecule has 0 radical (unpaired) electrons. The standard InChI is InChI=1S/C20H16ClF2N5O2/c21-18-5-12(10-24)6-19(26-18)30-16-2-4-27(11-16)20(29)28-17(1-3-25-28)13-7-14(22)9-15(23)8-13/h3,5-9,16-17H,1-2,4,11H2. The first-order valence-electron chi connectivity index (χ1n) is 9.24. The third kappa shape index (κ3) is 4.19. The molecule has 0 N–H and O–H groups in total. The molecule has 1 fully saturated rings. The number of hydrazone groups is 1. The van der Waals surface area contributed by atoms with Crippen LogP contribution in [0.2, 0.25) is 5.15 Å². The molecule has 0 aliphatic carbocycles. The van der Waals surface area contributed by atoms with Gasteiger partial charge in [0.25, 0.3) is 0 Å². The molecule has 1 saturated heterocycles. The van der Waals surface area contributed by atoms with E-state index in [1.54, 1.807) is 11.1 Å². The maximum Gasteiger partial charge on any atom is 0.341 e. The van der Waals surface area contributed by atoms with E-state index >= 15 is 0 Å². The van der Waals surface area contributed by atoms with Crippen molar-refractivity contribution >= 4 is 23.8 Å². The molecule has 0 bridgehead atoms. The van der Waals surface area contributed by atoms with Gasteiger partial charge < -0.3 is 9.64 Å². The Morgan fingerprint density at radius 3 is 2.73 bits per heavy atom. The number of likely N-dealkylation sites (tertiary alicyclic amines) is 1. The lowest BCUT2D eigenvalue weighted by Crippen LogP contribution is -2.40. The minimum absolute atomic E-state index is 0.145. The first kappa shape index (κ1) is 20.0. The summed E-state index contributed by atoms with van der Waals surface area (Å²) in [5.74, 6) is -1.19. The van der Waals surface area contributed by atoms with Crippen molar-refractivity contribution in [3.63, 3.8) is 0 Å². The summed E-state index contributed by atoms with van der Waals surface area (Å²) in [5.41, 5.74) is 0.671. The number of hydrogen-bond acceptors (Lipinski definition) is 5. The number of carbonyl (C=O) groups is 1. The number of ether oxygens (including phenoxy) is 1. The molecule has 2 unspecified atom stereocenters. The lowest BCUT2D eigenvalue weighted by atomic mass is 10.0. The highest BCUT2D eigenvalue weighted by Crippen LogP contribution is 2.31. The minimum atomic E-state index is -0.704. The van der Waals surface area contributed by atoms with Crippen molar-refractivity contribution in [1.29, 1.82) is 5.26 Å². The summed E-state index contributed by atoms with van der Waals surface area (Å²) in [4.78, 5) is 18.6. The Kier molecular flexibility index (Phi) is 5.50. The number of aromatic nitrogens is 1. The number of halogens is 3. The molecule has 2 aliphatic rings. The zero-order chi connectivity index (χ0) is 21.3. The number of nitrogens with zero attached hydrogens (tertiary/aromatic N) is 5. The number of urea groups is 1. The average molecular weight is 432 g/mol. The van der Waals surface area contributed by atoms with Crippen LogP contribution in [0.1, 0.15) is 30.0 Å². The molecular weight excluding hydrogens is 416 g/mol. The first-order valence-corrected chi connectivity index (χ1v) is 9.61. The fourth-order valence-corrected chi connectivity index (χ4v) is 3.76.